The number of nitrogens with zero attached hydrogens (tertiary/aromatic N) is 1. The summed E-state index contributed by atoms with van der Waals surface area (Å²) in [6, 6.07) is -0.0820. The van der Waals surface area contributed by atoms with Crippen molar-refractivity contribution in [3.05, 3.63) is 43.2 Å². The van der Waals surface area contributed by atoms with Crippen LogP contribution in [0, 0.1) is 14.4 Å². The van der Waals surface area contributed by atoms with Gasteiger partial charge in [0.05, 0.1) is 32.3 Å². The summed E-state index contributed by atoms with van der Waals surface area (Å²) in [7, 11) is 2.87. The number of phenolic OH excluding ortho intramolecular Hbond substituents is 1. The molecule has 3 aliphatic carbocycles. The molecule has 4 rings (SSSR count). The highest BCUT2D eigenvalue weighted by molar-refractivity contribution is 14.1. The predicted octanol–water partition coefficient (Wildman–Crippen LogP) is 1.08. The van der Waals surface area contributed by atoms with Gasteiger partial charge in [-0.25, -0.2) is 0 Å². The highest BCUT2D eigenvalue weighted by Gasteiger charge is 2.77. The molecule has 0 radical (unpaired) electrons. The second kappa shape index (κ2) is 8.34. The number of Topliss-reactive ketones (excluding diaryl/α,β-unsaturated/α-hetero) is 3. The van der Waals surface area contributed by atoms with Crippen LogP contribution in [0.4, 0.5) is 0 Å². The Balaban J connectivity index is 2.23. The van der Waals surface area contributed by atoms with Crippen LogP contribution in [0.1, 0.15) is 55.1 Å². The Morgan fingerprint density at radius 3 is 2.16 bits per heavy atom. The number of rotatable bonds is 3. The number of fused-ring (bicyclic) bond motifs is 3. The molecule has 1 fully saturated rings. The molecule has 7 N–H and O–H groups in total. The lowest BCUT2D eigenvalue weighted by molar-refractivity contribution is -0.211. The molecule has 0 aromatic heterocycles. The lowest BCUT2D eigenvalue weighted by atomic mass is 9.42. The number of carbonyl (C=O) groups excluding carboxylic acids is 4. The van der Waals surface area contributed by atoms with E-state index in [1.165, 1.54) is 45.8 Å². The Morgan fingerprint density at radius 1 is 1.13 bits per heavy atom. The number of halogens is 1. The normalized spacial score (nSPS) is 34.7. The number of ketones is 3. The summed E-state index contributed by atoms with van der Waals surface area (Å²) in [5, 5.41) is 57.7. The highest BCUT2D eigenvalue weighted by Crippen LogP contribution is 2.66. The first-order valence-electron chi connectivity index (χ1n) is 11.7. The van der Waals surface area contributed by atoms with E-state index in [4.69, 9.17) is 5.73 Å². The first-order valence-corrected chi connectivity index (χ1v) is 12.8. The fraction of sp³-hybridized carbons (Fsp3) is 0.462. The van der Waals surface area contributed by atoms with Gasteiger partial charge in [0.2, 0.25) is 5.78 Å². The third kappa shape index (κ3) is 2.94. The molecule has 0 unspecified atom stereocenters. The van der Waals surface area contributed by atoms with Gasteiger partial charge in [-0.2, -0.15) is 0 Å². The van der Waals surface area contributed by atoms with Crippen molar-refractivity contribution in [1.29, 1.82) is 0 Å². The molecule has 1 aromatic rings. The topological polar surface area (TPSA) is 199 Å². The zero-order valence-electron chi connectivity index (χ0n) is 21.6. The third-order valence-electron chi connectivity index (χ3n) is 8.89. The maximum Gasteiger partial charge on any atom is 0.255 e. The highest BCUT2D eigenvalue weighted by atomic mass is 127. The van der Waals surface area contributed by atoms with Crippen molar-refractivity contribution >= 4 is 51.6 Å². The average molecular weight is 640 g/mol. The summed E-state index contributed by atoms with van der Waals surface area (Å²) in [5.74, 6) is -7.52. The molecule has 12 heteroatoms. The maximum absolute atomic E-state index is 14.3. The monoisotopic (exact) mass is 640 g/mol. The molecule has 38 heavy (non-hydrogen) atoms. The number of aliphatic hydroxyl groups excluding tert-OH is 3. The van der Waals surface area contributed by atoms with Gasteiger partial charge in [0.25, 0.3) is 5.91 Å². The van der Waals surface area contributed by atoms with E-state index in [9.17, 15) is 44.7 Å². The number of likely N-dealkylation sites (N-methyl/N-ethyl adjacent to an activating group) is 1. The van der Waals surface area contributed by atoms with Crippen LogP contribution in [0.25, 0.3) is 5.76 Å². The van der Waals surface area contributed by atoms with Gasteiger partial charge in [0.1, 0.15) is 22.8 Å². The largest absolute Gasteiger partial charge is 0.508 e. The number of primary amides is 1. The van der Waals surface area contributed by atoms with Crippen molar-refractivity contribution < 1.29 is 44.7 Å². The Morgan fingerprint density at radius 2 is 1.68 bits per heavy atom. The number of phenols is 1. The van der Waals surface area contributed by atoms with Gasteiger partial charge in [0.15, 0.2) is 17.2 Å². The number of nitrogens with two attached hydrogens (primary N) is 1. The van der Waals surface area contributed by atoms with Crippen LogP contribution in [0.5, 0.6) is 5.75 Å². The number of benzene rings is 1. The molecule has 1 saturated carbocycles. The molecule has 0 aliphatic heterocycles. The van der Waals surface area contributed by atoms with E-state index in [0.29, 0.717) is 0 Å². The first-order chi connectivity index (χ1) is 17.3. The van der Waals surface area contributed by atoms with E-state index in [-0.39, 0.29) is 20.3 Å². The minimum atomic E-state index is -3.07. The molecule has 1 amide bonds. The Hall–Kier alpha value is -2.81. The number of hydrogen-bond donors (Lipinski definition) is 6. The van der Waals surface area contributed by atoms with E-state index in [0.717, 1.165) is 0 Å². The molecule has 0 heterocycles. The van der Waals surface area contributed by atoms with Crippen molar-refractivity contribution in [3.63, 3.8) is 0 Å². The molecule has 0 saturated heterocycles. The minimum absolute atomic E-state index is 0.148. The van der Waals surface area contributed by atoms with Crippen LogP contribution >= 0.6 is 22.6 Å². The van der Waals surface area contributed by atoms with E-state index in [1.54, 1.807) is 29.5 Å². The Bertz CT molecular complexity index is 1430. The molecule has 0 spiro atoms. The summed E-state index contributed by atoms with van der Waals surface area (Å²) in [5.41, 5.74) is -3.03. The number of hydrogen-bond acceptors (Lipinski definition) is 10. The van der Waals surface area contributed by atoms with E-state index < -0.39 is 86.2 Å². The summed E-state index contributed by atoms with van der Waals surface area (Å²) < 4.78 is 0.205. The standard InChI is InChI=1S/C26H29IN2O9/c1-8-12-10(9(2)30)7-11(27)16(31)13(12)17(32)15-21(35)26(38)20(34)14(22(28)36)18(33)19(29(5)6)25(26,4)23(37)24(8,15)3/h7-8,19,23,31-32,34,37-38H,1-6H3,(H2,28,36)/t8-,19+,23-,24+,25+,26+/m0/s1. The van der Waals surface area contributed by atoms with Crippen molar-refractivity contribution in [2.24, 2.45) is 16.6 Å². The minimum Gasteiger partial charge on any atom is -0.508 e. The second-order valence-corrected chi connectivity index (χ2v) is 12.0. The van der Waals surface area contributed by atoms with Crippen molar-refractivity contribution in [3.8, 4) is 5.75 Å². The zero-order chi connectivity index (χ0) is 29.0. The van der Waals surface area contributed by atoms with Crippen molar-refractivity contribution in [1.82, 2.24) is 4.90 Å². The van der Waals surface area contributed by atoms with Crippen LogP contribution in [-0.4, -0.2) is 85.5 Å². The fourth-order valence-corrected chi connectivity index (χ4v) is 7.51. The number of aliphatic hydroxyl groups is 4. The SMILES string of the molecule is CC(=O)c1cc(I)c(O)c2c1[C@H](C)[C@]1(C)C(=C2O)C(=O)[C@]2(O)C(O)=C(C(N)=O)C(=O)[C@@H](N(C)C)[C@]2(C)[C@H]1O. The number of amides is 1. The number of carbonyl (C=O) groups is 4. The zero-order valence-corrected chi connectivity index (χ0v) is 23.7. The smallest absolute Gasteiger partial charge is 0.255 e. The lowest BCUT2D eigenvalue weighted by Crippen LogP contribution is -2.78. The molecule has 6 atom stereocenters. The van der Waals surface area contributed by atoms with Gasteiger partial charge in [-0.3, -0.25) is 24.1 Å². The quantitative estimate of drug-likeness (QED) is 0.158. The molecular weight excluding hydrogens is 611 g/mol. The summed E-state index contributed by atoms with van der Waals surface area (Å²) >= 11 is 1.77. The number of aromatic hydroxyl groups is 1. The van der Waals surface area contributed by atoms with E-state index in [1.807, 2.05) is 0 Å². The van der Waals surface area contributed by atoms with Crippen molar-refractivity contribution in [2.45, 2.75) is 51.4 Å². The summed E-state index contributed by atoms with van der Waals surface area (Å²) in [6.07, 6.45) is -1.83. The Labute approximate surface area is 231 Å². The Kier molecular flexibility index (Phi) is 6.19. The lowest BCUT2D eigenvalue weighted by Gasteiger charge is -2.63. The van der Waals surface area contributed by atoms with Gasteiger partial charge >= 0.3 is 0 Å². The van der Waals surface area contributed by atoms with Crippen LogP contribution in [0.2, 0.25) is 0 Å². The molecule has 204 valence electrons. The van der Waals surface area contributed by atoms with Gasteiger partial charge < -0.3 is 31.3 Å². The molecule has 11 nitrogen and oxygen atoms in total. The van der Waals surface area contributed by atoms with E-state index in [2.05, 4.69) is 0 Å². The van der Waals surface area contributed by atoms with E-state index >= 15 is 0 Å². The van der Waals surface area contributed by atoms with Gasteiger partial charge in [-0.05, 0) is 61.2 Å². The van der Waals surface area contributed by atoms with Crippen molar-refractivity contribution in [2.75, 3.05) is 14.1 Å². The molecule has 0 bridgehead atoms. The van der Waals surface area contributed by atoms with Gasteiger partial charge in [-0.15, -0.1) is 0 Å². The average Bonchev–Trinajstić information content (AvgIpc) is 2.80. The molecule has 3 aliphatic rings. The van der Waals surface area contributed by atoms with Crippen LogP contribution in [0.15, 0.2) is 23.0 Å². The van der Waals surface area contributed by atoms with Crippen LogP contribution in [0.3, 0.4) is 0 Å². The molecular formula is C26H29IN2O9. The molecule has 1 aromatic carbocycles. The first kappa shape index (κ1) is 28.2. The summed E-state index contributed by atoms with van der Waals surface area (Å²) in [4.78, 5) is 53.9. The third-order valence-corrected chi connectivity index (χ3v) is 9.72. The maximum atomic E-state index is 14.3. The summed E-state index contributed by atoms with van der Waals surface area (Å²) in [6.45, 7) is 5.57. The van der Waals surface area contributed by atoms with Gasteiger partial charge in [0, 0.05) is 11.0 Å². The van der Waals surface area contributed by atoms with Crippen LogP contribution in [-0.2, 0) is 14.4 Å². The fourth-order valence-electron chi connectivity index (χ4n) is 6.93. The van der Waals surface area contributed by atoms with Gasteiger partial charge in [-0.1, -0.05) is 20.8 Å². The second-order valence-electron chi connectivity index (χ2n) is 10.9. The predicted molar refractivity (Wildman–Crippen MR) is 142 cm³/mol. The van der Waals surface area contributed by atoms with Crippen LogP contribution < -0.4 is 5.73 Å².